The molecule has 1 aliphatic rings. The van der Waals surface area contributed by atoms with Crippen LogP contribution in [0, 0.1) is 0 Å². The average molecular weight is 471 g/mol. The summed E-state index contributed by atoms with van der Waals surface area (Å²) in [5.74, 6) is -2.01. The number of benzene rings is 2. The highest BCUT2D eigenvalue weighted by Crippen LogP contribution is 2.22. The Balaban J connectivity index is 1.88. The Kier molecular flexibility index (Phi) is 8.06. The highest BCUT2D eigenvalue weighted by Gasteiger charge is 2.31. The first-order chi connectivity index (χ1) is 16.3. The van der Waals surface area contributed by atoms with E-state index in [4.69, 9.17) is 25.2 Å². The number of aliphatic carboxylic acids is 1. The molecule has 5 N–H and O–H groups in total. The first kappa shape index (κ1) is 24.6. The van der Waals surface area contributed by atoms with Crippen molar-refractivity contribution in [3.05, 3.63) is 77.2 Å². The van der Waals surface area contributed by atoms with Crippen LogP contribution in [0.1, 0.15) is 21.5 Å². The molecule has 2 aromatic rings. The molecule has 0 spiro atoms. The maximum Gasteiger partial charge on any atom is 0.417 e. The number of carboxylic acids is 1. The quantitative estimate of drug-likeness (QED) is 0.422. The van der Waals surface area contributed by atoms with E-state index in [0.29, 0.717) is 11.4 Å². The van der Waals surface area contributed by atoms with Crippen LogP contribution in [-0.2, 0) is 32.1 Å². The summed E-state index contributed by atoms with van der Waals surface area (Å²) in [4.78, 5) is 43.8. The van der Waals surface area contributed by atoms with Crippen LogP contribution in [0.2, 0.25) is 0 Å². The molecule has 34 heavy (non-hydrogen) atoms. The van der Waals surface area contributed by atoms with E-state index in [2.05, 4.69) is 5.48 Å². The number of carbonyl (C=O) groups is 3. The van der Waals surface area contributed by atoms with Gasteiger partial charge in [0.15, 0.2) is 0 Å². The number of phenols is 1. The van der Waals surface area contributed by atoms with Crippen LogP contribution >= 0.6 is 0 Å². The number of amides is 2. The van der Waals surface area contributed by atoms with Gasteiger partial charge in [0.1, 0.15) is 24.5 Å². The van der Waals surface area contributed by atoms with Crippen molar-refractivity contribution < 1.29 is 38.9 Å². The second-order valence-electron chi connectivity index (χ2n) is 7.44. The van der Waals surface area contributed by atoms with Crippen LogP contribution in [0.5, 0.6) is 5.75 Å². The number of hydroxylamine groups is 1. The zero-order valence-electron chi connectivity index (χ0n) is 18.3. The Morgan fingerprint density at radius 1 is 1.21 bits per heavy atom. The highest BCUT2D eigenvalue weighted by atomic mass is 16.7. The number of hydrogen-bond donors (Lipinski definition) is 4. The number of rotatable bonds is 9. The molecule has 0 aromatic heterocycles. The lowest BCUT2D eigenvalue weighted by Crippen LogP contribution is -2.43. The Bertz CT molecular complexity index is 1070. The molecule has 180 valence electrons. The molecule has 0 bridgehead atoms. The van der Waals surface area contributed by atoms with E-state index >= 15 is 0 Å². The third kappa shape index (κ3) is 6.24. The largest absolute Gasteiger partial charge is 0.508 e. The van der Waals surface area contributed by atoms with Crippen molar-refractivity contribution in [3.8, 4) is 5.75 Å². The Hall–Kier alpha value is -4.09. The number of phenolic OH excluding ortho intramolecular Hbond substituents is 1. The number of imide groups is 1. The topological polar surface area (TPSA) is 161 Å². The monoisotopic (exact) mass is 471 g/mol. The molecular weight excluding hydrogens is 446 g/mol. The van der Waals surface area contributed by atoms with E-state index < -0.39 is 30.1 Å². The standard InChI is InChI=1S/C23H25N3O8/c1-32-20-11-17(34-25-20)12-26(23(31)33-13-14-5-3-2-4-6-14)21(28)18-10-16(27)8-7-15(18)9-19(24)22(29)30/h2-8,10-11,17,19,25,27H,9,12-13,24H2,1H3,(H,29,30)/t17?,19-/m0/s1. The third-order valence-corrected chi connectivity index (χ3v) is 4.98. The first-order valence-corrected chi connectivity index (χ1v) is 10.3. The molecule has 2 aromatic carbocycles. The summed E-state index contributed by atoms with van der Waals surface area (Å²) in [6.07, 6.45) is -0.355. The fourth-order valence-corrected chi connectivity index (χ4v) is 3.20. The molecule has 0 fully saturated rings. The van der Waals surface area contributed by atoms with Gasteiger partial charge in [0.25, 0.3) is 5.91 Å². The molecule has 0 saturated heterocycles. The zero-order valence-corrected chi connectivity index (χ0v) is 18.3. The summed E-state index contributed by atoms with van der Waals surface area (Å²) in [7, 11) is 1.42. The van der Waals surface area contributed by atoms with Crippen LogP contribution in [0.15, 0.2) is 60.5 Å². The Labute approximate surface area is 195 Å². The summed E-state index contributed by atoms with van der Waals surface area (Å²) in [6.45, 7) is -0.324. The lowest BCUT2D eigenvalue weighted by atomic mass is 9.99. The van der Waals surface area contributed by atoms with E-state index in [9.17, 15) is 19.5 Å². The molecular formula is C23H25N3O8. The smallest absolute Gasteiger partial charge is 0.417 e. The Morgan fingerprint density at radius 2 is 1.94 bits per heavy atom. The van der Waals surface area contributed by atoms with Crippen molar-refractivity contribution in [3.63, 3.8) is 0 Å². The number of nitrogens with zero attached hydrogens (tertiary/aromatic N) is 1. The minimum Gasteiger partial charge on any atom is -0.508 e. The summed E-state index contributed by atoms with van der Waals surface area (Å²) in [6, 6.07) is 11.5. The highest BCUT2D eigenvalue weighted by molar-refractivity contribution is 6.04. The first-order valence-electron chi connectivity index (χ1n) is 10.3. The van der Waals surface area contributed by atoms with E-state index in [1.807, 2.05) is 6.07 Å². The van der Waals surface area contributed by atoms with Crippen molar-refractivity contribution in [1.29, 1.82) is 0 Å². The number of aromatic hydroxyl groups is 1. The van der Waals surface area contributed by atoms with Gasteiger partial charge < -0.3 is 25.4 Å². The molecule has 0 radical (unpaired) electrons. The molecule has 11 heteroatoms. The van der Waals surface area contributed by atoms with Gasteiger partial charge in [0.05, 0.1) is 13.7 Å². The number of nitrogens with one attached hydrogen (secondary N) is 1. The lowest BCUT2D eigenvalue weighted by Gasteiger charge is -2.23. The van der Waals surface area contributed by atoms with Crippen molar-refractivity contribution >= 4 is 18.0 Å². The zero-order chi connectivity index (χ0) is 24.7. The maximum absolute atomic E-state index is 13.5. The molecule has 2 amide bonds. The van der Waals surface area contributed by atoms with Crippen LogP contribution in [0.4, 0.5) is 4.79 Å². The van der Waals surface area contributed by atoms with Crippen molar-refractivity contribution in [2.75, 3.05) is 13.7 Å². The number of nitrogens with two attached hydrogens (primary N) is 1. The van der Waals surface area contributed by atoms with Crippen LogP contribution in [0.3, 0.4) is 0 Å². The fraction of sp³-hybridized carbons (Fsp3) is 0.261. The van der Waals surface area contributed by atoms with Crippen LogP contribution in [0.25, 0.3) is 0 Å². The normalized spacial score (nSPS) is 15.6. The van der Waals surface area contributed by atoms with E-state index in [1.165, 1.54) is 25.3 Å². The van der Waals surface area contributed by atoms with Crippen molar-refractivity contribution in [2.24, 2.45) is 5.73 Å². The SMILES string of the molecule is COC1=CC(CN(C(=O)OCc2ccccc2)C(=O)c2cc(O)ccc2C[C@H](N)C(=O)O)ON1. The van der Waals surface area contributed by atoms with E-state index in [1.54, 1.807) is 24.3 Å². The number of hydrogen-bond acceptors (Lipinski definition) is 9. The molecule has 0 aliphatic carbocycles. The predicted molar refractivity (Wildman–Crippen MR) is 118 cm³/mol. The molecule has 0 saturated carbocycles. The average Bonchev–Trinajstić information content (AvgIpc) is 3.30. The van der Waals surface area contributed by atoms with Gasteiger partial charge in [-0.3, -0.25) is 14.4 Å². The van der Waals surface area contributed by atoms with Gasteiger partial charge >= 0.3 is 12.1 Å². The van der Waals surface area contributed by atoms with Gasteiger partial charge in [-0.25, -0.2) is 15.2 Å². The van der Waals surface area contributed by atoms with Crippen molar-refractivity contribution in [1.82, 2.24) is 10.4 Å². The maximum atomic E-state index is 13.5. The number of ether oxygens (including phenoxy) is 2. The van der Waals surface area contributed by atoms with Gasteiger partial charge in [-0.05, 0) is 29.7 Å². The summed E-state index contributed by atoms with van der Waals surface area (Å²) in [5, 5.41) is 19.1. The molecule has 11 nitrogen and oxygen atoms in total. The molecule has 3 rings (SSSR count). The van der Waals surface area contributed by atoms with Gasteiger partial charge in [0, 0.05) is 11.6 Å². The van der Waals surface area contributed by atoms with E-state index in [-0.39, 0.29) is 36.4 Å². The molecule has 1 unspecified atom stereocenters. The summed E-state index contributed by atoms with van der Waals surface area (Å²) >= 11 is 0. The van der Waals surface area contributed by atoms with Gasteiger partial charge in [-0.1, -0.05) is 36.4 Å². The van der Waals surface area contributed by atoms with E-state index in [0.717, 1.165) is 11.0 Å². The second-order valence-corrected chi connectivity index (χ2v) is 7.44. The third-order valence-electron chi connectivity index (χ3n) is 4.98. The Morgan fingerprint density at radius 3 is 2.59 bits per heavy atom. The lowest BCUT2D eigenvalue weighted by molar-refractivity contribution is -0.138. The minimum atomic E-state index is -1.29. The molecule has 1 aliphatic heterocycles. The van der Waals surface area contributed by atoms with Crippen LogP contribution in [-0.4, -0.2) is 58.9 Å². The van der Waals surface area contributed by atoms with Gasteiger partial charge in [0.2, 0.25) is 5.88 Å². The number of methoxy groups -OCH3 is 1. The number of carbonyl (C=O) groups excluding carboxylic acids is 2. The van der Waals surface area contributed by atoms with Gasteiger partial charge in [-0.15, -0.1) is 0 Å². The fourth-order valence-electron chi connectivity index (χ4n) is 3.20. The molecule has 2 atom stereocenters. The van der Waals surface area contributed by atoms with Gasteiger partial charge in [-0.2, -0.15) is 0 Å². The van der Waals surface area contributed by atoms with Crippen molar-refractivity contribution in [2.45, 2.75) is 25.2 Å². The van der Waals surface area contributed by atoms with Crippen LogP contribution < -0.4 is 11.2 Å². The summed E-state index contributed by atoms with van der Waals surface area (Å²) < 4.78 is 10.4. The minimum absolute atomic E-state index is 0.0802. The number of carboxylic acid groups (broad SMARTS) is 1. The summed E-state index contributed by atoms with van der Waals surface area (Å²) in [5.41, 5.74) is 9.04. The second kappa shape index (κ2) is 11.2. The predicted octanol–water partition coefficient (Wildman–Crippen LogP) is 1.52. The molecule has 1 heterocycles.